The van der Waals surface area contributed by atoms with Gasteiger partial charge in [-0.1, -0.05) is 224 Å². The lowest BCUT2D eigenvalue weighted by Gasteiger charge is -2.22. The number of aliphatic hydroxyl groups excluding tert-OH is 2. The largest absolute Gasteiger partial charge is 0.466 e. The van der Waals surface area contributed by atoms with Gasteiger partial charge in [0.05, 0.1) is 25.4 Å². The highest BCUT2D eigenvalue weighted by molar-refractivity contribution is 5.76. The molecule has 0 saturated carbocycles. The molecule has 0 aliphatic carbocycles. The van der Waals surface area contributed by atoms with Gasteiger partial charge in [-0.3, -0.25) is 9.59 Å². The second kappa shape index (κ2) is 50.7. The fourth-order valence-corrected chi connectivity index (χ4v) is 8.02. The third-order valence-electron chi connectivity index (χ3n) is 12.1. The first kappa shape index (κ1) is 59.1. The van der Waals surface area contributed by atoms with Crippen LogP contribution in [0.3, 0.4) is 0 Å². The average Bonchev–Trinajstić information content (AvgIpc) is 3.26. The fourth-order valence-electron chi connectivity index (χ4n) is 8.02. The molecular formula is C55H103NO5. The lowest BCUT2D eigenvalue weighted by atomic mass is 10.0. The number of ether oxygens (including phenoxy) is 1. The Morgan fingerprint density at radius 2 is 0.852 bits per heavy atom. The predicted molar refractivity (Wildman–Crippen MR) is 264 cm³/mol. The normalized spacial score (nSPS) is 12.9. The third kappa shape index (κ3) is 47.4. The lowest BCUT2D eigenvalue weighted by molar-refractivity contribution is -0.143. The van der Waals surface area contributed by atoms with Crippen LogP contribution in [-0.4, -0.2) is 47.4 Å². The number of rotatable bonds is 49. The van der Waals surface area contributed by atoms with E-state index < -0.39 is 12.1 Å². The molecule has 0 aliphatic heterocycles. The highest BCUT2D eigenvalue weighted by atomic mass is 16.5. The molecule has 1 amide bonds. The summed E-state index contributed by atoms with van der Waals surface area (Å²) in [6.07, 6.45) is 61.2. The minimum Gasteiger partial charge on any atom is -0.466 e. The van der Waals surface area contributed by atoms with Crippen molar-refractivity contribution in [2.24, 2.45) is 0 Å². The van der Waals surface area contributed by atoms with Crippen molar-refractivity contribution < 1.29 is 24.5 Å². The van der Waals surface area contributed by atoms with Gasteiger partial charge in [0.25, 0.3) is 0 Å². The maximum absolute atomic E-state index is 12.4. The molecule has 2 unspecified atom stereocenters. The minimum atomic E-state index is -0.668. The molecule has 0 aliphatic rings. The highest BCUT2D eigenvalue weighted by Gasteiger charge is 2.20. The van der Waals surface area contributed by atoms with E-state index in [0.29, 0.717) is 25.9 Å². The van der Waals surface area contributed by atoms with Crippen LogP contribution in [-0.2, 0) is 14.3 Å². The van der Waals surface area contributed by atoms with Crippen LogP contribution in [0.1, 0.15) is 277 Å². The molecule has 6 nitrogen and oxygen atoms in total. The van der Waals surface area contributed by atoms with E-state index in [1.54, 1.807) is 0 Å². The molecular weight excluding hydrogens is 755 g/mol. The Morgan fingerprint density at radius 1 is 0.459 bits per heavy atom. The van der Waals surface area contributed by atoms with Crippen molar-refractivity contribution in [3.8, 4) is 0 Å². The number of esters is 1. The van der Waals surface area contributed by atoms with E-state index in [1.165, 1.54) is 193 Å². The van der Waals surface area contributed by atoms with Crippen LogP contribution in [0.5, 0.6) is 0 Å². The zero-order valence-corrected chi connectivity index (χ0v) is 40.6. The topological polar surface area (TPSA) is 95.9 Å². The first-order valence-electron chi connectivity index (χ1n) is 26.7. The summed E-state index contributed by atoms with van der Waals surface area (Å²) >= 11 is 0. The molecule has 0 heterocycles. The van der Waals surface area contributed by atoms with Gasteiger partial charge in [0, 0.05) is 12.8 Å². The summed E-state index contributed by atoms with van der Waals surface area (Å²) in [7, 11) is 0. The zero-order chi connectivity index (χ0) is 44.4. The average molecular weight is 858 g/mol. The van der Waals surface area contributed by atoms with Crippen molar-refractivity contribution in [2.75, 3.05) is 13.2 Å². The quantitative estimate of drug-likeness (QED) is 0.0322. The molecule has 0 aromatic carbocycles. The number of hydrogen-bond donors (Lipinski definition) is 3. The number of carbonyl (C=O) groups is 2. The van der Waals surface area contributed by atoms with Gasteiger partial charge in [0.1, 0.15) is 0 Å². The van der Waals surface area contributed by atoms with Gasteiger partial charge in [-0.25, -0.2) is 0 Å². The van der Waals surface area contributed by atoms with Gasteiger partial charge in [0.2, 0.25) is 5.91 Å². The molecule has 0 aromatic rings. The van der Waals surface area contributed by atoms with E-state index >= 15 is 0 Å². The number of carbonyl (C=O) groups excluding carboxylic acids is 2. The van der Waals surface area contributed by atoms with Crippen LogP contribution >= 0.6 is 0 Å². The molecule has 0 rings (SSSR count). The van der Waals surface area contributed by atoms with Crippen molar-refractivity contribution in [1.82, 2.24) is 5.32 Å². The smallest absolute Gasteiger partial charge is 0.305 e. The first-order valence-corrected chi connectivity index (χ1v) is 26.7. The number of unbranched alkanes of at least 4 members (excludes halogenated alkanes) is 32. The summed E-state index contributed by atoms with van der Waals surface area (Å²) in [5.74, 6) is -0.0553. The van der Waals surface area contributed by atoms with Crippen molar-refractivity contribution in [1.29, 1.82) is 0 Å². The maximum Gasteiger partial charge on any atom is 0.305 e. The van der Waals surface area contributed by atoms with Crippen molar-refractivity contribution >= 4 is 11.9 Å². The molecule has 61 heavy (non-hydrogen) atoms. The van der Waals surface area contributed by atoms with Gasteiger partial charge in [-0.15, -0.1) is 0 Å². The Labute approximate surface area is 379 Å². The Hall–Kier alpha value is -1.92. The molecule has 2 atom stereocenters. The van der Waals surface area contributed by atoms with E-state index in [1.807, 2.05) is 0 Å². The van der Waals surface area contributed by atoms with Gasteiger partial charge in [-0.2, -0.15) is 0 Å². The van der Waals surface area contributed by atoms with Crippen LogP contribution in [0.4, 0.5) is 0 Å². The monoisotopic (exact) mass is 858 g/mol. The SMILES string of the molecule is CCC/C=C\C/C=C\CCCCCCCC(=O)OCCCCCCCCCCC/C=C\CCCCCCCCCC(=O)NC(CO)C(O)CCCCCCCCCCCCC. The molecule has 0 fully saturated rings. The molecule has 3 N–H and O–H groups in total. The van der Waals surface area contributed by atoms with Gasteiger partial charge < -0.3 is 20.3 Å². The van der Waals surface area contributed by atoms with Crippen molar-refractivity contribution in [2.45, 2.75) is 289 Å². The predicted octanol–water partition coefficient (Wildman–Crippen LogP) is 16.1. The number of amides is 1. The van der Waals surface area contributed by atoms with Gasteiger partial charge >= 0.3 is 5.97 Å². The summed E-state index contributed by atoms with van der Waals surface area (Å²) in [5.41, 5.74) is 0. The number of hydrogen-bond acceptors (Lipinski definition) is 5. The second-order valence-electron chi connectivity index (χ2n) is 18.2. The molecule has 0 saturated heterocycles. The third-order valence-corrected chi connectivity index (χ3v) is 12.1. The molecule has 0 aromatic heterocycles. The summed E-state index contributed by atoms with van der Waals surface area (Å²) in [4.78, 5) is 24.4. The Kier molecular flexibility index (Phi) is 49.1. The first-order chi connectivity index (χ1) is 30.0. The minimum absolute atomic E-state index is 0.00972. The van der Waals surface area contributed by atoms with Crippen LogP contribution in [0.2, 0.25) is 0 Å². The standard InChI is InChI=1S/C55H103NO5/c1-3-5-7-9-11-13-15-24-29-33-37-41-45-49-55(60)61-50-46-42-38-34-30-26-23-21-19-17-16-18-20-22-25-28-32-36-40-44-48-54(59)56-52(51-57)53(58)47-43-39-35-31-27-14-12-10-8-6-4-2/h7,9,13,15-16,18,52-53,57-58H,3-6,8,10-12,14,17,19-51H2,1-2H3,(H,56,59)/b9-7-,15-13-,18-16-. The fraction of sp³-hybridized carbons (Fsp3) is 0.855. The van der Waals surface area contributed by atoms with Crippen molar-refractivity contribution in [3.63, 3.8) is 0 Å². The van der Waals surface area contributed by atoms with Crippen molar-refractivity contribution in [3.05, 3.63) is 36.5 Å². The summed E-state index contributed by atoms with van der Waals surface area (Å²) in [6.45, 7) is 4.86. The van der Waals surface area contributed by atoms with E-state index in [-0.39, 0.29) is 18.5 Å². The number of allylic oxidation sites excluding steroid dienone is 6. The highest BCUT2D eigenvalue weighted by Crippen LogP contribution is 2.16. The number of aliphatic hydroxyl groups is 2. The maximum atomic E-state index is 12.4. The lowest BCUT2D eigenvalue weighted by Crippen LogP contribution is -2.45. The van der Waals surface area contributed by atoms with E-state index in [4.69, 9.17) is 4.74 Å². The second-order valence-corrected chi connectivity index (χ2v) is 18.2. The van der Waals surface area contributed by atoms with Crippen LogP contribution in [0.25, 0.3) is 0 Å². The van der Waals surface area contributed by atoms with Gasteiger partial charge in [-0.05, 0) is 77.0 Å². The van der Waals surface area contributed by atoms with E-state index in [0.717, 1.165) is 51.4 Å². The summed E-state index contributed by atoms with van der Waals surface area (Å²) < 4.78 is 5.45. The van der Waals surface area contributed by atoms with E-state index in [9.17, 15) is 19.8 Å². The Morgan fingerprint density at radius 3 is 1.33 bits per heavy atom. The summed E-state index contributed by atoms with van der Waals surface area (Å²) in [6, 6.07) is -0.547. The van der Waals surface area contributed by atoms with Crippen LogP contribution < -0.4 is 5.32 Å². The van der Waals surface area contributed by atoms with Gasteiger partial charge in [0.15, 0.2) is 0 Å². The number of nitrogens with one attached hydrogen (secondary N) is 1. The molecule has 0 spiro atoms. The Balaban J connectivity index is 3.43. The zero-order valence-electron chi connectivity index (χ0n) is 40.6. The summed E-state index contributed by atoms with van der Waals surface area (Å²) in [5, 5.41) is 23.1. The molecule has 0 radical (unpaired) electrons. The van der Waals surface area contributed by atoms with Crippen LogP contribution in [0, 0.1) is 0 Å². The molecule has 0 bridgehead atoms. The van der Waals surface area contributed by atoms with Crippen LogP contribution in [0.15, 0.2) is 36.5 Å². The van der Waals surface area contributed by atoms with E-state index in [2.05, 4.69) is 55.6 Å². The molecule has 6 heteroatoms. The molecule has 358 valence electrons. The Bertz CT molecular complexity index is 993.